The largest absolute Gasteiger partial charge is 0.489 e. The second-order valence-corrected chi connectivity index (χ2v) is 8.14. The molecule has 2 aromatic rings. The Labute approximate surface area is 184 Å². The average Bonchev–Trinajstić information content (AvgIpc) is 2.63. The fraction of sp³-hybridized carbons (Fsp3) is 0.222. The molecule has 0 radical (unpaired) electrons. The Hall–Kier alpha value is -3.02. The van der Waals surface area contributed by atoms with Gasteiger partial charge in [-0.1, -0.05) is 15.9 Å². The van der Waals surface area contributed by atoms with Crippen LogP contribution in [-0.2, 0) is 0 Å². The molecule has 0 aliphatic carbocycles. The zero-order valence-electron chi connectivity index (χ0n) is 15.4. The van der Waals surface area contributed by atoms with Crippen molar-refractivity contribution in [1.29, 1.82) is 10.5 Å². The number of nitrogens with two attached hydrogens (primary N) is 2. The highest BCUT2D eigenvalue weighted by molar-refractivity contribution is 9.11. The molecule has 29 heavy (non-hydrogen) atoms. The molecule has 1 aliphatic heterocycles. The van der Waals surface area contributed by atoms with Crippen LogP contribution in [0.1, 0.15) is 36.6 Å². The number of pyridine rings is 1. The predicted octanol–water partition coefficient (Wildman–Crippen LogP) is 3.37. The number of nitrogens with one attached hydrogen (secondary N) is 2. The number of nitrogen functional groups attached to an aromatic ring is 2. The fourth-order valence-corrected chi connectivity index (χ4v) is 4.30. The summed E-state index contributed by atoms with van der Waals surface area (Å²) < 4.78 is 7.51. The van der Waals surface area contributed by atoms with Crippen molar-refractivity contribution in [2.75, 3.05) is 16.8 Å². The molecule has 0 spiro atoms. The monoisotopic (exact) mass is 518 g/mol. The van der Waals surface area contributed by atoms with Crippen molar-refractivity contribution in [2.45, 2.75) is 26.0 Å². The maximum absolute atomic E-state index is 9.45. The first-order chi connectivity index (χ1) is 13.8. The van der Waals surface area contributed by atoms with Crippen LogP contribution in [0.4, 0.5) is 17.3 Å². The molecule has 3 rings (SSSR count). The summed E-state index contributed by atoms with van der Waals surface area (Å²) in [5.41, 5.74) is 13.6. The van der Waals surface area contributed by atoms with Gasteiger partial charge in [-0.3, -0.25) is 5.32 Å². The Balaban J connectivity index is 2.33. The van der Waals surface area contributed by atoms with Crippen molar-refractivity contribution >= 4 is 55.1 Å². The van der Waals surface area contributed by atoms with Crippen molar-refractivity contribution in [2.24, 2.45) is 4.99 Å². The standard InChI is InChI=1S/C18H16Br2N8O/c1-7(2)29-15-9(3-8(19)4-11(15)20)14-12-13(23)10(5-21)16(24)27-17(12)28-18(26-14)25-6-22/h3-4,7,14H,1-2H3,(H6,23,24,25,26,27,28). The summed E-state index contributed by atoms with van der Waals surface area (Å²) in [6, 6.07) is 4.98. The quantitative estimate of drug-likeness (QED) is 0.354. The Morgan fingerprint density at radius 3 is 2.62 bits per heavy atom. The van der Waals surface area contributed by atoms with Gasteiger partial charge in [-0.15, -0.1) is 0 Å². The zero-order chi connectivity index (χ0) is 21.3. The summed E-state index contributed by atoms with van der Waals surface area (Å²) in [5.74, 6) is 1.04. The van der Waals surface area contributed by atoms with Crippen molar-refractivity contribution in [3.63, 3.8) is 0 Å². The number of anilines is 3. The van der Waals surface area contributed by atoms with Crippen molar-refractivity contribution in [3.05, 3.63) is 37.8 Å². The highest BCUT2D eigenvalue weighted by Gasteiger charge is 2.32. The number of hydrogen-bond donors (Lipinski definition) is 4. The molecule has 2 heterocycles. The molecule has 0 bridgehead atoms. The molecule has 0 amide bonds. The Bertz CT molecular complexity index is 1100. The highest BCUT2D eigenvalue weighted by Crippen LogP contribution is 2.46. The molecular formula is C18H16Br2N8O. The lowest BCUT2D eigenvalue weighted by molar-refractivity contribution is 0.237. The van der Waals surface area contributed by atoms with E-state index >= 15 is 0 Å². The van der Waals surface area contributed by atoms with Crippen molar-refractivity contribution in [1.82, 2.24) is 10.3 Å². The first-order valence-electron chi connectivity index (χ1n) is 8.41. The van der Waals surface area contributed by atoms with Crippen LogP contribution in [-0.4, -0.2) is 17.0 Å². The number of nitriles is 2. The van der Waals surface area contributed by atoms with Gasteiger partial charge in [0.1, 0.15) is 35.1 Å². The van der Waals surface area contributed by atoms with Crippen LogP contribution in [0.2, 0.25) is 0 Å². The number of nitrogens with zero attached hydrogens (tertiary/aromatic N) is 4. The minimum absolute atomic E-state index is 0.0118. The third kappa shape index (κ3) is 3.92. The molecular weight excluding hydrogens is 504 g/mol. The molecule has 11 heteroatoms. The number of aromatic nitrogens is 1. The average molecular weight is 520 g/mol. The number of ether oxygens (including phenoxy) is 1. The van der Waals surface area contributed by atoms with Gasteiger partial charge in [-0.05, 0) is 41.9 Å². The molecule has 1 aliphatic rings. The van der Waals surface area contributed by atoms with E-state index in [1.54, 1.807) is 0 Å². The van der Waals surface area contributed by atoms with Gasteiger partial charge >= 0.3 is 0 Å². The summed E-state index contributed by atoms with van der Waals surface area (Å²) in [5, 5.41) is 23.9. The molecule has 6 N–H and O–H groups in total. The lowest BCUT2D eigenvalue weighted by Crippen LogP contribution is -2.33. The molecule has 148 valence electrons. The molecule has 1 unspecified atom stereocenters. The molecule has 0 saturated heterocycles. The van der Waals surface area contributed by atoms with E-state index in [1.807, 2.05) is 38.2 Å². The van der Waals surface area contributed by atoms with Gasteiger partial charge in [0.2, 0.25) is 5.96 Å². The first kappa shape index (κ1) is 20.7. The summed E-state index contributed by atoms with van der Waals surface area (Å²) in [7, 11) is 0. The predicted molar refractivity (Wildman–Crippen MR) is 117 cm³/mol. The third-order valence-corrected chi connectivity index (χ3v) is 5.09. The van der Waals surface area contributed by atoms with E-state index in [9.17, 15) is 5.26 Å². The van der Waals surface area contributed by atoms with E-state index in [1.165, 1.54) is 0 Å². The minimum atomic E-state index is -0.704. The summed E-state index contributed by atoms with van der Waals surface area (Å²) in [6.07, 6.45) is 1.72. The van der Waals surface area contributed by atoms with Gasteiger partial charge in [0.15, 0.2) is 6.19 Å². The second kappa shape index (κ2) is 8.15. The molecule has 1 aromatic carbocycles. The molecule has 9 nitrogen and oxygen atoms in total. The Morgan fingerprint density at radius 2 is 2.00 bits per heavy atom. The van der Waals surface area contributed by atoms with E-state index in [0.29, 0.717) is 27.2 Å². The topological polar surface area (TPSA) is 158 Å². The van der Waals surface area contributed by atoms with E-state index in [0.717, 1.165) is 4.47 Å². The van der Waals surface area contributed by atoms with Gasteiger partial charge in [-0.25, -0.2) is 9.98 Å². The summed E-state index contributed by atoms with van der Waals surface area (Å²) in [4.78, 5) is 8.84. The lowest BCUT2D eigenvalue weighted by Gasteiger charge is -2.28. The Morgan fingerprint density at radius 1 is 1.28 bits per heavy atom. The number of hydrogen-bond acceptors (Lipinski definition) is 9. The first-order valence-corrected chi connectivity index (χ1v) is 9.99. The zero-order valence-corrected chi connectivity index (χ0v) is 18.6. The van der Waals surface area contributed by atoms with E-state index < -0.39 is 6.04 Å². The van der Waals surface area contributed by atoms with Crippen LogP contribution in [0.15, 0.2) is 26.1 Å². The van der Waals surface area contributed by atoms with E-state index in [4.69, 9.17) is 21.5 Å². The fourth-order valence-electron chi connectivity index (χ4n) is 2.95. The summed E-state index contributed by atoms with van der Waals surface area (Å²) >= 11 is 7.02. The second-order valence-electron chi connectivity index (χ2n) is 6.37. The van der Waals surface area contributed by atoms with Crippen molar-refractivity contribution in [3.8, 4) is 18.0 Å². The van der Waals surface area contributed by atoms with E-state index in [2.05, 4.69) is 52.5 Å². The van der Waals surface area contributed by atoms with Crippen LogP contribution in [0, 0.1) is 22.8 Å². The number of benzene rings is 1. The molecule has 1 aromatic heterocycles. The van der Waals surface area contributed by atoms with Crippen LogP contribution >= 0.6 is 31.9 Å². The third-order valence-electron chi connectivity index (χ3n) is 4.04. The van der Waals surface area contributed by atoms with E-state index in [-0.39, 0.29) is 29.1 Å². The number of fused-ring (bicyclic) bond motifs is 1. The van der Waals surface area contributed by atoms with Gasteiger partial charge in [0, 0.05) is 15.6 Å². The highest BCUT2D eigenvalue weighted by atomic mass is 79.9. The van der Waals surface area contributed by atoms with Gasteiger partial charge in [-0.2, -0.15) is 10.5 Å². The maximum atomic E-state index is 9.45. The van der Waals surface area contributed by atoms with Crippen LogP contribution in [0.3, 0.4) is 0 Å². The molecule has 0 fully saturated rings. The maximum Gasteiger partial charge on any atom is 0.211 e. The summed E-state index contributed by atoms with van der Waals surface area (Å²) in [6.45, 7) is 3.82. The number of guanidine groups is 1. The smallest absolute Gasteiger partial charge is 0.211 e. The number of halogens is 2. The molecule has 0 saturated carbocycles. The van der Waals surface area contributed by atoms with Gasteiger partial charge in [0.05, 0.1) is 16.3 Å². The number of aliphatic imine (C=N–C) groups is 1. The lowest BCUT2D eigenvalue weighted by atomic mass is 9.94. The normalized spacial score (nSPS) is 14.9. The Kier molecular flexibility index (Phi) is 5.82. The van der Waals surface area contributed by atoms with Crippen LogP contribution < -0.4 is 26.8 Å². The number of rotatable bonds is 3. The van der Waals surface area contributed by atoms with Gasteiger partial charge < -0.3 is 21.5 Å². The van der Waals surface area contributed by atoms with Crippen molar-refractivity contribution < 1.29 is 4.74 Å². The SMILES string of the molecule is CC(C)Oc1c(Br)cc(Br)cc1C1N=C(NC#N)Nc2nc(N)c(C#N)c(N)c21. The minimum Gasteiger partial charge on any atom is -0.489 e. The van der Waals surface area contributed by atoms with Crippen LogP contribution in [0.5, 0.6) is 5.75 Å². The molecule has 1 atom stereocenters. The van der Waals surface area contributed by atoms with Crippen LogP contribution in [0.25, 0.3) is 0 Å². The van der Waals surface area contributed by atoms with Gasteiger partial charge in [0.25, 0.3) is 0 Å².